The Kier molecular flexibility index (Phi) is 4.49. The zero-order chi connectivity index (χ0) is 14.8. The summed E-state index contributed by atoms with van der Waals surface area (Å²) in [6.45, 7) is 0.0877. The van der Waals surface area contributed by atoms with Crippen molar-refractivity contribution in [2.75, 3.05) is 17.7 Å². The lowest BCUT2D eigenvalue weighted by Crippen LogP contribution is -2.21. The normalized spacial score (nSPS) is 13.3. The molecule has 2 aromatic rings. The molecule has 7 heteroatoms. The van der Waals surface area contributed by atoms with Gasteiger partial charge in [0.1, 0.15) is 4.90 Å². The Hall–Kier alpha value is -1.34. The van der Waals surface area contributed by atoms with Gasteiger partial charge in [-0.3, -0.25) is 4.55 Å². The average molecular weight is 316 g/mol. The smallest absolute Gasteiger partial charge is 0.297 e. The summed E-state index contributed by atoms with van der Waals surface area (Å²) in [7, 11) is -4.39. The number of halogens is 1. The number of anilines is 1. The zero-order valence-corrected chi connectivity index (χ0v) is 12.0. The number of benzene rings is 2. The molecule has 0 aromatic heterocycles. The van der Waals surface area contributed by atoms with Crippen LogP contribution in [0.25, 0.3) is 10.8 Å². The molecule has 0 aliphatic carbocycles. The van der Waals surface area contributed by atoms with Gasteiger partial charge in [0.25, 0.3) is 10.1 Å². The highest BCUT2D eigenvalue weighted by molar-refractivity contribution is 7.86. The van der Waals surface area contributed by atoms with Gasteiger partial charge in [0.15, 0.2) is 0 Å². The Bertz CT molecular complexity index is 717. The van der Waals surface area contributed by atoms with E-state index in [1.165, 1.54) is 0 Å². The first-order valence-electron chi connectivity index (χ1n) is 5.90. The maximum Gasteiger partial charge on any atom is 0.297 e. The monoisotopic (exact) mass is 315 g/mol. The van der Waals surface area contributed by atoms with Crippen molar-refractivity contribution in [2.45, 2.75) is 11.0 Å². The molecule has 0 heterocycles. The highest BCUT2D eigenvalue weighted by Gasteiger charge is 2.19. The number of nitrogens with one attached hydrogen (secondary N) is 1. The molecule has 0 saturated heterocycles. The van der Waals surface area contributed by atoms with Gasteiger partial charge in [0, 0.05) is 11.9 Å². The Morgan fingerprint density at radius 2 is 1.90 bits per heavy atom. The number of alkyl halides is 1. The van der Waals surface area contributed by atoms with Crippen molar-refractivity contribution in [1.82, 2.24) is 0 Å². The molecule has 108 valence electrons. The largest absolute Gasteiger partial charge is 0.390 e. The van der Waals surface area contributed by atoms with Crippen molar-refractivity contribution in [3.63, 3.8) is 0 Å². The van der Waals surface area contributed by atoms with Crippen LogP contribution >= 0.6 is 11.6 Å². The van der Waals surface area contributed by atoms with Crippen molar-refractivity contribution in [3.8, 4) is 0 Å². The van der Waals surface area contributed by atoms with Crippen LogP contribution in [0.15, 0.2) is 41.3 Å². The van der Waals surface area contributed by atoms with Crippen LogP contribution in [0.2, 0.25) is 0 Å². The van der Waals surface area contributed by atoms with Gasteiger partial charge < -0.3 is 10.4 Å². The van der Waals surface area contributed by atoms with Gasteiger partial charge in [-0.05, 0) is 11.5 Å². The molecule has 20 heavy (non-hydrogen) atoms. The van der Waals surface area contributed by atoms with E-state index >= 15 is 0 Å². The predicted molar refractivity (Wildman–Crippen MR) is 79.0 cm³/mol. The first-order chi connectivity index (χ1) is 9.43. The fourth-order valence-corrected chi connectivity index (χ4v) is 2.93. The molecule has 0 fully saturated rings. The highest BCUT2D eigenvalue weighted by Crippen LogP contribution is 2.30. The van der Waals surface area contributed by atoms with Crippen LogP contribution in [0.3, 0.4) is 0 Å². The molecule has 2 rings (SSSR count). The Morgan fingerprint density at radius 1 is 1.20 bits per heavy atom. The third-order valence-electron chi connectivity index (χ3n) is 2.84. The molecule has 2 aromatic carbocycles. The van der Waals surface area contributed by atoms with E-state index in [9.17, 15) is 18.1 Å². The van der Waals surface area contributed by atoms with Gasteiger partial charge in [-0.2, -0.15) is 8.42 Å². The highest BCUT2D eigenvalue weighted by atomic mass is 35.5. The second-order valence-electron chi connectivity index (χ2n) is 4.33. The van der Waals surface area contributed by atoms with E-state index in [1.807, 2.05) is 0 Å². The first kappa shape index (κ1) is 15.1. The number of hydrogen-bond acceptors (Lipinski definition) is 4. The van der Waals surface area contributed by atoms with Crippen LogP contribution < -0.4 is 5.32 Å². The van der Waals surface area contributed by atoms with Crippen molar-refractivity contribution in [2.24, 2.45) is 0 Å². The zero-order valence-electron chi connectivity index (χ0n) is 10.5. The van der Waals surface area contributed by atoms with Gasteiger partial charge in [-0.1, -0.05) is 30.3 Å². The number of fused-ring (bicyclic) bond motifs is 1. The van der Waals surface area contributed by atoms with Gasteiger partial charge in [-0.15, -0.1) is 11.6 Å². The van der Waals surface area contributed by atoms with Gasteiger partial charge in [0.05, 0.1) is 17.7 Å². The molecular weight excluding hydrogens is 302 g/mol. The minimum atomic E-state index is -4.39. The molecule has 0 amide bonds. The lowest BCUT2D eigenvalue weighted by Gasteiger charge is -2.14. The van der Waals surface area contributed by atoms with Crippen LogP contribution in [0.5, 0.6) is 0 Å². The summed E-state index contributed by atoms with van der Waals surface area (Å²) in [6.07, 6.45) is -0.808. The summed E-state index contributed by atoms with van der Waals surface area (Å²) in [5.41, 5.74) is 0.232. The van der Waals surface area contributed by atoms with E-state index in [1.54, 1.807) is 36.4 Å². The average Bonchev–Trinajstić information content (AvgIpc) is 2.42. The molecule has 1 unspecified atom stereocenters. The molecule has 0 bridgehead atoms. The number of aliphatic hydroxyl groups excluding tert-OH is 1. The molecule has 0 aliphatic rings. The molecule has 1 atom stereocenters. The summed E-state index contributed by atoms with van der Waals surface area (Å²) in [5, 5.41) is 13.3. The Labute approximate surface area is 121 Å². The fourth-order valence-electron chi connectivity index (χ4n) is 1.94. The topological polar surface area (TPSA) is 86.6 Å². The molecule has 5 nitrogen and oxygen atoms in total. The lowest BCUT2D eigenvalue weighted by molar-refractivity contribution is 0.211. The van der Waals surface area contributed by atoms with Crippen LogP contribution in [-0.2, 0) is 10.1 Å². The lowest BCUT2D eigenvalue weighted by atomic mass is 10.1. The maximum atomic E-state index is 11.6. The molecule has 3 N–H and O–H groups in total. The van der Waals surface area contributed by atoms with Gasteiger partial charge >= 0.3 is 0 Å². The summed E-state index contributed by atoms with van der Waals surface area (Å²) >= 11 is 5.49. The summed E-state index contributed by atoms with van der Waals surface area (Å²) in [6, 6.07) is 10.1. The van der Waals surface area contributed by atoms with Crippen molar-refractivity contribution >= 4 is 38.2 Å². The van der Waals surface area contributed by atoms with E-state index < -0.39 is 16.2 Å². The Morgan fingerprint density at radius 3 is 2.55 bits per heavy atom. The quantitative estimate of drug-likeness (QED) is 0.581. The van der Waals surface area contributed by atoms with Crippen molar-refractivity contribution in [1.29, 1.82) is 0 Å². The third-order valence-corrected chi connectivity index (χ3v) is 4.16. The standard InChI is InChI=1S/C13H14ClNO4S/c14-7-10(16)8-15-12-6-5-9-3-1-2-4-11(9)13(12)20(17,18)19/h1-6,10,15-16H,7-8H2,(H,17,18,19). The third kappa shape index (κ3) is 3.21. The van der Waals surface area contributed by atoms with Crippen molar-refractivity contribution in [3.05, 3.63) is 36.4 Å². The minimum absolute atomic E-state index is 0.0296. The van der Waals surface area contributed by atoms with Crippen LogP contribution in [0, 0.1) is 0 Å². The van der Waals surface area contributed by atoms with Crippen LogP contribution in [0.4, 0.5) is 5.69 Å². The summed E-state index contributed by atoms with van der Waals surface area (Å²) < 4.78 is 32.7. The van der Waals surface area contributed by atoms with Crippen LogP contribution in [-0.4, -0.2) is 36.6 Å². The molecule has 0 aliphatic heterocycles. The van der Waals surface area contributed by atoms with E-state index in [0.717, 1.165) is 0 Å². The van der Waals surface area contributed by atoms with E-state index in [4.69, 9.17) is 11.6 Å². The van der Waals surface area contributed by atoms with Gasteiger partial charge in [-0.25, -0.2) is 0 Å². The van der Waals surface area contributed by atoms with E-state index in [0.29, 0.717) is 10.8 Å². The second kappa shape index (κ2) is 5.97. The predicted octanol–water partition coefficient (Wildman–Crippen LogP) is 2.10. The summed E-state index contributed by atoms with van der Waals surface area (Å²) in [4.78, 5) is -0.197. The molecular formula is C13H14ClNO4S. The number of aliphatic hydroxyl groups is 1. The van der Waals surface area contributed by atoms with E-state index in [-0.39, 0.29) is 23.0 Å². The molecule has 0 saturated carbocycles. The van der Waals surface area contributed by atoms with Crippen LogP contribution in [0.1, 0.15) is 0 Å². The van der Waals surface area contributed by atoms with E-state index in [2.05, 4.69) is 5.32 Å². The number of hydrogen-bond donors (Lipinski definition) is 3. The first-order valence-corrected chi connectivity index (χ1v) is 7.88. The second-order valence-corrected chi connectivity index (χ2v) is 5.99. The van der Waals surface area contributed by atoms with Gasteiger partial charge in [0.2, 0.25) is 0 Å². The van der Waals surface area contributed by atoms with Crippen molar-refractivity contribution < 1.29 is 18.1 Å². The SMILES string of the molecule is O=S(=O)(O)c1c(NCC(O)CCl)ccc2ccccc12. The number of rotatable bonds is 5. The Balaban J connectivity index is 2.54. The molecule has 0 radical (unpaired) electrons. The summed E-state index contributed by atoms with van der Waals surface area (Å²) in [5.74, 6) is 0.0296. The maximum absolute atomic E-state index is 11.6. The molecule has 0 spiro atoms. The minimum Gasteiger partial charge on any atom is -0.390 e. The fraction of sp³-hybridized carbons (Fsp3) is 0.231.